The van der Waals surface area contributed by atoms with E-state index >= 15 is 0 Å². The lowest BCUT2D eigenvalue weighted by Gasteiger charge is -2.03. The van der Waals surface area contributed by atoms with E-state index in [1.54, 1.807) is 6.07 Å². The molecular formula is C8H9N3O3. The zero-order valence-electron chi connectivity index (χ0n) is 7.48. The van der Waals surface area contributed by atoms with Gasteiger partial charge in [-0.25, -0.2) is 4.79 Å². The van der Waals surface area contributed by atoms with Gasteiger partial charge in [-0.1, -0.05) is 12.1 Å². The highest BCUT2D eigenvalue weighted by molar-refractivity contribution is 5.91. The Morgan fingerprint density at radius 3 is 2.64 bits per heavy atom. The molecule has 0 heterocycles. The van der Waals surface area contributed by atoms with Crippen molar-refractivity contribution in [1.82, 2.24) is 5.32 Å². The van der Waals surface area contributed by atoms with Crippen LogP contribution in [-0.2, 0) is 0 Å². The smallest absolute Gasteiger partial charge is 0.319 e. The van der Waals surface area contributed by atoms with Gasteiger partial charge in [0.15, 0.2) is 0 Å². The summed E-state index contributed by atoms with van der Waals surface area (Å²) in [6, 6.07) is 5.45. The van der Waals surface area contributed by atoms with Crippen molar-refractivity contribution in [2.75, 3.05) is 12.4 Å². The van der Waals surface area contributed by atoms with Crippen molar-refractivity contribution in [2.45, 2.75) is 0 Å². The molecule has 0 atom stereocenters. The first-order valence-corrected chi connectivity index (χ1v) is 3.87. The number of para-hydroxylation sites is 2. The molecule has 1 aromatic carbocycles. The molecule has 0 radical (unpaired) electrons. The van der Waals surface area contributed by atoms with Gasteiger partial charge in [0.2, 0.25) is 0 Å². The Kier molecular flexibility index (Phi) is 3.01. The Morgan fingerprint density at radius 2 is 2.07 bits per heavy atom. The number of nitrogens with one attached hydrogen (secondary N) is 2. The molecule has 2 N–H and O–H groups in total. The third kappa shape index (κ3) is 2.19. The SMILES string of the molecule is CNC(=O)Nc1ccccc1[N+](=O)[O-]. The van der Waals surface area contributed by atoms with E-state index in [-0.39, 0.29) is 11.4 Å². The predicted octanol–water partition coefficient (Wildman–Crippen LogP) is 1.35. The number of hydrogen-bond acceptors (Lipinski definition) is 3. The maximum atomic E-state index is 10.9. The normalized spacial score (nSPS) is 9.21. The van der Waals surface area contributed by atoms with Crippen LogP contribution >= 0.6 is 0 Å². The van der Waals surface area contributed by atoms with Crippen LogP contribution < -0.4 is 10.6 Å². The van der Waals surface area contributed by atoms with Crippen molar-refractivity contribution in [3.8, 4) is 0 Å². The summed E-state index contributed by atoms with van der Waals surface area (Å²) < 4.78 is 0. The van der Waals surface area contributed by atoms with E-state index in [1.807, 2.05) is 0 Å². The summed E-state index contributed by atoms with van der Waals surface area (Å²) in [5, 5.41) is 15.2. The molecule has 1 rings (SSSR count). The maximum Gasteiger partial charge on any atom is 0.319 e. The number of carbonyl (C=O) groups is 1. The van der Waals surface area contributed by atoms with Crippen LogP contribution in [0.25, 0.3) is 0 Å². The van der Waals surface area contributed by atoms with Crippen LogP contribution in [-0.4, -0.2) is 18.0 Å². The second-order valence-electron chi connectivity index (χ2n) is 2.48. The van der Waals surface area contributed by atoms with Gasteiger partial charge in [-0.3, -0.25) is 10.1 Å². The van der Waals surface area contributed by atoms with Gasteiger partial charge in [0.1, 0.15) is 5.69 Å². The molecule has 0 fully saturated rings. The molecule has 0 unspecified atom stereocenters. The average Bonchev–Trinajstić information content (AvgIpc) is 2.18. The van der Waals surface area contributed by atoms with Gasteiger partial charge in [-0.15, -0.1) is 0 Å². The first-order valence-electron chi connectivity index (χ1n) is 3.87. The predicted molar refractivity (Wildman–Crippen MR) is 51.2 cm³/mol. The van der Waals surface area contributed by atoms with Gasteiger partial charge in [-0.2, -0.15) is 0 Å². The van der Waals surface area contributed by atoms with E-state index < -0.39 is 11.0 Å². The van der Waals surface area contributed by atoms with Gasteiger partial charge in [0.25, 0.3) is 5.69 Å². The van der Waals surface area contributed by atoms with Crippen LogP contribution in [0.5, 0.6) is 0 Å². The molecule has 0 saturated carbocycles. The number of nitro groups is 1. The van der Waals surface area contributed by atoms with E-state index in [2.05, 4.69) is 10.6 Å². The number of carbonyl (C=O) groups excluding carboxylic acids is 1. The van der Waals surface area contributed by atoms with Gasteiger partial charge in [-0.05, 0) is 6.07 Å². The largest absolute Gasteiger partial charge is 0.341 e. The Labute approximate surface area is 80.1 Å². The molecule has 2 amide bonds. The number of hydrogen-bond donors (Lipinski definition) is 2. The first kappa shape index (κ1) is 9.97. The van der Waals surface area contributed by atoms with Crippen LogP contribution in [0.2, 0.25) is 0 Å². The van der Waals surface area contributed by atoms with Crippen LogP contribution in [0.4, 0.5) is 16.2 Å². The van der Waals surface area contributed by atoms with E-state index in [1.165, 1.54) is 25.2 Å². The third-order valence-corrected chi connectivity index (χ3v) is 1.58. The number of nitro benzene ring substituents is 1. The number of amides is 2. The van der Waals surface area contributed by atoms with Crippen molar-refractivity contribution >= 4 is 17.4 Å². The summed E-state index contributed by atoms with van der Waals surface area (Å²) in [6.07, 6.45) is 0. The molecule has 0 bridgehead atoms. The summed E-state index contributed by atoms with van der Waals surface area (Å²) in [7, 11) is 1.43. The highest BCUT2D eigenvalue weighted by atomic mass is 16.6. The monoisotopic (exact) mass is 195 g/mol. The summed E-state index contributed by atoms with van der Waals surface area (Å²) in [5.41, 5.74) is 0.0490. The van der Waals surface area contributed by atoms with Crippen molar-refractivity contribution < 1.29 is 9.72 Å². The zero-order chi connectivity index (χ0) is 10.6. The fourth-order valence-electron chi connectivity index (χ4n) is 0.923. The van der Waals surface area contributed by atoms with Gasteiger partial charge >= 0.3 is 6.03 Å². The molecular weight excluding hydrogens is 186 g/mol. The topological polar surface area (TPSA) is 84.3 Å². The molecule has 0 aliphatic carbocycles. The number of urea groups is 1. The average molecular weight is 195 g/mol. The second kappa shape index (κ2) is 4.22. The molecule has 0 aromatic heterocycles. The molecule has 6 nitrogen and oxygen atoms in total. The quantitative estimate of drug-likeness (QED) is 0.551. The van der Waals surface area contributed by atoms with Crippen molar-refractivity contribution in [1.29, 1.82) is 0 Å². The summed E-state index contributed by atoms with van der Waals surface area (Å²) in [5.74, 6) is 0. The molecule has 0 aliphatic heterocycles. The maximum absolute atomic E-state index is 10.9. The number of rotatable bonds is 2. The lowest BCUT2D eigenvalue weighted by Crippen LogP contribution is -2.24. The van der Waals surface area contributed by atoms with Crippen LogP contribution in [0.15, 0.2) is 24.3 Å². The van der Waals surface area contributed by atoms with Gasteiger partial charge in [0.05, 0.1) is 4.92 Å². The molecule has 14 heavy (non-hydrogen) atoms. The Bertz CT molecular complexity index is 365. The standard InChI is InChI=1S/C8H9N3O3/c1-9-8(12)10-6-4-2-3-5-7(6)11(13)14/h2-5H,1H3,(H2,9,10,12). The minimum Gasteiger partial charge on any atom is -0.341 e. The van der Waals surface area contributed by atoms with Crippen LogP contribution in [0.1, 0.15) is 0 Å². The minimum absolute atomic E-state index is 0.129. The Hall–Kier alpha value is -2.11. The summed E-state index contributed by atoms with van der Waals surface area (Å²) in [4.78, 5) is 20.9. The molecule has 74 valence electrons. The van der Waals surface area contributed by atoms with E-state index in [4.69, 9.17) is 0 Å². The molecule has 0 saturated heterocycles. The van der Waals surface area contributed by atoms with E-state index in [0.717, 1.165) is 0 Å². The molecule has 1 aromatic rings. The number of benzene rings is 1. The lowest BCUT2D eigenvalue weighted by atomic mass is 10.3. The van der Waals surface area contributed by atoms with Crippen molar-refractivity contribution in [2.24, 2.45) is 0 Å². The second-order valence-corrected chi connectivity index (χ2v) is 2.48. The van der Waals surface area contributed by atoms with Crippen LogP contribution in [0, 0.1) is 10.1 Å². The highest BCUT2D eigenvalue weighted by Gasteiger charge is 2.13. The third-order valence-electron chi connectivity index (χ3n) is 1.58. The fraction of sp³-hybridized carbons (Fsp3) is 0.125. The summed E-state index contributed by atoms with van der Waals surface area (Å²) >= 11 is 0. The number of anilines is 1. The van der Waals surface area contributed by atoms with Gasteiger partial charge in [0, 0.05) is 13.1 Å². The molecule has 6 heteroatoms. The van der Waals surface area contributed by atoms with Crippen molar-refractivity contribution in [3.63, 3.8) is 0 Å². The Morgan fingerprint density at radius 1 is 1.43 bits per heavy atom. The van der Waals surface area contributed by atoms with E-state index in [0.29, 0.717) is 0 Å². The minimum atomic E-state index is -0.550. The van der Waals surface area contributed by atoms with Crippen molar-refractivity contribution in [3.05, 3.63) is 34.4 Å². The highest BCUT2D eigenvalue weighted by Crippen LogP contribution is 2.22. The lowest BCUT2D eigenvalue weighted by molar-refractivity contribution is -0.383. The Balaban J connectivity index is 2.95. The molecule has 0 spiro atoms. The molecule has 0 aliphatic rings. The zero-order valence-corrected chi connectivity index (χ0v) is 7.48. The summed E-state index contributed by atoms with van der Waals surface area (Å²) in [6.45, 7) is 0. The van der Waals surface area contributed by atoms with Gasteiger partial charge < -0.3 is 10.6 Å². The number of nitrogens with zero attached hydrogens (tertiary/aromatic N) is 1. The van der Waals surface area contributed by atoms with E-state index in [9.17, 15) is 14.9 Å². The first-order chi connectivity index (χ1) is 6.65. The fourth-order valence-corrected chi connectivity index (χ4v) is 0.923. The van der Waals surface area contributed by atoms with Crippen LogP contribution in [0.3, 0.4) is 0 Å².